The number of sulfonamides is 1. The summed E-state index contributed by atoms with van der Waals surface area (Å²) in [6.45, 7) is 1.25. The minimum atomic E-state index is -4.02. The lowest BCUT2D eigenvalue weighted by Gasteiger charge is -2.20. The van der Waals surface area contributed by atoms with Crippen LogP contribution < -0.4 is 10.0 Å². The Balaban J connectivity index is 2.61. The molecule has 1 heterocycles. The number of fused-ring (bicyclic) bond motifs is 1. The second-order valence-electron chi connectivity index (χ2n) is 4.24. The molecule has 2 rings (SSSR count). The van der Waals surface area contributed by atoms with Crippen molar-refractivity contribution in [1.82, 2.24) is 0 Å². The van der Waals surface area contributed by atoms with Gasteiger partial charge in [0.25, 0.3) is 11.7 Å². The first-order valence-electron chi connectivity index (χ1n) is 5.42. The van der Waals surface area contributed by atoms with Crippen LogP contribution in [-0.4, -0.2) is 37.2 Å². The average molecular weight is 298 g/mol. The molecule has 106 valence electrons. The smallest absolute Gasteiger partial charge is 0.326 e. The van der Waals surface area contributed by atoms with Crippen molar-refractivity contribution in [3.8, 4) is 0 Å². The highest BCUT2D eigenvalue weighted by molar-refractivity contribution is 7.89. The van der Waals surface area contributed by atoms with Gasteiger partial charge in [-0.25, -0.2) is 18.4 Å². The number of carboxylic acid groups (broad SMARTS) is 1. The zero-order valence-corrected chi connectivity index (χ0v) is 11.0. The van der Waals surface area contributed by atoms with E-state index in [2.05, 4.69) is 0 Å². The molecule has 8 nitrogen and oxygen atoms in total. The van der Waals surface area contributed by atoms with E-state index in [1.807, 2.05) is 0 Å². The van der Waals surface area contributed by atoms with Crippen LogP contribution >= 0.6 is 0 Å². The number of aliphatic carboxylic acids is 1. The first-order chi connectivity index (χ1) is 9.14. The minimum absolute atomic E-state index is 0.0577. The van der Waals surface area contributed by atoms with Gasteiger partial charge in [-0.3, -0.25) is 14.5 Å². The fraction of sp³-hybridized carbons (Fsp3) is 0.182. The van der Waals surface area contributed by atoms with Crippen molar-refractivity contribution in [3.05, 3.63) is 23.8 Å². The lowest BCUT2D eigenvalue weighted by Crippen LogP contribution is -2.42. The first-order valence-corrected chi connectivity index (χ1v) is 6.96. The third kappa shape index (κ3) is 2.06. The number of ketones is 1. The van der Waals surface area contributed by atoms with Crippen LogP contribution in [0.15, 0.2) is 23.1 Å². The van der Waals surface area contributed by atoms with E-state index in [0.717, 1.165) is 17.0 Å². The van der Waals surface area contributed by atoms with E-state index in [-0.39, 0.29) is 16.1 Å². The number of Topliss-reactive ketones (excluding diaryl/α,β-unsaturated/α-hetero) is 1. The summed E-state index contributed by atoms with van der Waals surface area (Å²) in [5, 5.41) is 13.9. The van der Waals surface area contributed by atoms with E-state index in [9.17, 15) is 22.8 Å². The molecule has 3 N–H and O–H groups in total. The van der Waals surface area contributed by atoms with Gasteiger partial charge < -0.3 is 5.11 Å². The zero-order valence-electron chi connectivity index (χ0n) is 10.2. The number of benzene rings is 1. The average Bonchev–Trinajstić information content (AvgIpc) is 2.60. The summed E-state index contributed by atoms with van der Waals surface area (Å²) in [5.41, 5.74) is -0.114. The van der Waals surface area contributed by atoms with Gasteiger partial charge in [0.1, 0.15) is 6.04 Å². The van der Waals surface area contributed by atoms with Gasteiger partial charge in [0.15, 0.2) is 0 Å². The van der Waals surface area contributed by atoms with Crippen molar-refractivity contribution in [3.63, 3.8) is 0 Å². The Morgan fingerprint density at radius 1 is 1.35 bits per heavy atom. The summed E-state index contributed by atoms with van der Waals surface area (Å²) in [6.07, 6.45) is 0. The van der Waals surface area contributed by atoms with Gasteiger partial charge in [-0.05, 0) is 25.1 Å². The molecule has 1 aliphatic rings. The predicted molar refractivity (Wildman–Crippen MR) is 66.7 cm³/mol. The van der Waals surface area contributed by atoms with Crippen LogP contribution in [0.3, 0.4) is 0 Å². The Kier molecular flexibility index (Phi) is 3.11. The number of carbonyl (C=O) groups is 3. The van der Waals surface area contributed by atoms with E-state index in [1.54, 1.807) is 0 Å². The van der Waals surface area contributed by atoms with Gasteiger partial charge >= 0.3 is 5.97 Å². The van der Waals surface area contributed by atoms with E-state index in [4.69, 9.17) is 10.2 Å². The quantitative estimate of drug-likeness (QED) is 0.711. The third-order valence-electron chi connectivity index (χ3n) is 2.96. The summed E-state index contributed by atoms with van der Waals surface area (Å²) in [5.74, 6) is -3.26. The molecule has 9 heteroatoms. The number of hydrogen-bond donors (Lipinski definition) is 2. The fourth-order valence-corrected chi connectivity index (χ4v) is 2.45. The van der Waals surface area contributed by atoms with Crippen LogP contribution in [0, 0.1) is 0 Å². The molecular weight excluding hydrogens is 288 g/mol. The number of carbonyl (C=O) groups excluding carboxylic acids is 2. The van der Waals surface area contributed by atoms with Crippen molar-refractivity contribution in [1.29, 1.82) is 0 Å². The molecule has 0 spiro atoms. The van der Waals surface area contributed by atoms with Gasteiger partial charge in [0.05, 0.1) is 16.1 Å². The molecule has 1 aromatic rings. The summed E-state index contributed by atoms with van der Waals surface area (Å²) < 4.78 is 22.4. The highest BCUT2D eigenvalue weighted by Crippen LogP contribution is 2.32. The number of anilines is 1. The van der Waals surface area contributed by atoms with Crippen LogP contribution in [-0.2, 0) is 19.6 Å². The molecule has 0 radical (unpaired) electrons. The van der Waals surface area contributed by atoms with Gasteiger partial charge in [0, 0.05) is 0 Å². The van der Waals surface area contributed by atoms with Crippen molar-refractivity contribution in [2.24, 2.45) is 5.14 Å². The Labute approximate surface area is 113 Å². The largest absolute Gasteiger partial charge is 0.480 e. The second-order valence-corrected chi connectivity index (χ2v) is 5.80. The van der Waals surface area contributed by atoms with Gasteiger partial charge in [-0.1, -0.05) is 0 Å². The minimum Gasteiger partial charge on any atom is -0.480 e. The summed E-state index contributed by atoms with van der Waals surface area (Å²) in [7, 11) is -4.02. The van der Waals surface area contributed by atoms with Crippen molar-refractivity contribution < 1.29 is 27.9 Å². The van der Waals surface area contributed by atoms with E-state index in [0.29, 0.717) is 0 Å². The Hall–Kier alpha value is -2.26. The number of primary sulfonamides is 1. The number of nitrogens with zero attached hydrogens (tertiary/aromatic N) is 1. The standard InChI is InChI=1S/C11H10N2O6S/c1-5(11(16)17)13-8-3-2-6(20(12,18)19)4-7(8)9(14)10(13)15/h2-5H,1H3,(H,16,17)(H2,12,18,19). The number of rotatable bonds is 3. The predicted octanol–water partition coefficient (Wildman–Crippen LogP) is -0.664. The molecule has 0 bridgehead atoms. The molecule has 0 saturated carbocycles. The maximum absolute atomic E-state index is 11.8. The zero-order chi connectivity index (χ0) is 15.2. The molecule has 1 unspecified atom stereocenters. The molecule has 0 aromatic heterocycles. The third-order valence-corrected chi connectivity index (χ3v) is 3.87. The number of amides is 1. The van der Waals surface area contributed by atoms with E-state index in [1.165, 1.54) is 13.0 Å². The molecule has 0 aliphatic carbocycles. The van der Waals surface area contributed by atoms with E-state index < -0.39 is 33.7 Å². The van der Waals surface area contributed by atoms with Crippen LogP contribution in [0.4, 0.5) is 5.69 Å². The highest BCUT2D eigenvalue weighted by Gasteiger charge is 2.41. The van der Waals surface area contributed by atoms with Crippen LogP contribution in [0.1, 0.15) is 17.3 Å². The maximum atomic E-state index is 11.8. The number of hydrogen-bond acceptors (Lipinski definition) is 5. The van der Waals surface area contributed by atoms with Crippen molar-refractivity contribution in [2.75, 3.05) is 4.90 Å². The molecule has 1 amide bonds. The summed E-state index contributed by atoms with van der Waals surface area (Å²) in [6, 6.07) is 2.03. The van der Waals surface area contributed by atoms with Crippen LogP contribution in [0.25, 0.3) is 0 Å². The van der Waals surface area contributed by atoms with Crippen LogP contribution in [0.2, 0.25) is 0 Å². The SMILES string of the molecule is CC(C(=O)O)N1C(=O)C(=O)c2cc(S(N)(=O)=O)ccc21. The lowest BCUT2D eigenvalue weighted by molar-refractivity contribution is -0.139. The Morgan fingerprint density at radius 2 is 1.95 bits per heavy atom. The molecule has 1 aliphatic heterocycles. The second kappa shape index (κ2) is 4.39. The van der Waals surface area contributed by atoms with Crippen molar-refractivity contribution in [2.45, 2.75) is 17.9 Å². The number of carboxylic acids is 1. The fourth-order valence-electron chi connectivity index (χ4n) is 1.91. The normalized spacial score (nSPS) is 16.2. The molecule has 20 heavy (non-hydrogen) atoms. The lowest BCUT2D eigenvalue weighted by atomic mass is 10.1. The highest BCUT2D eigenvalue weighted by atomic mass is 32.2. The van der Waals surface area contributed by atoms with Crippen LogP contribution in [0.5, 0.6) is 0 Å². The number of nitrogens with two attached hydrogens (primary N) is 1. The first kappa shape index (κ1) is 14.2. The molecule has 1 aromatic carbocycles. The summed E-state index contributed by atoms with van der Waals surface area (Å²) >= 11 is 0. The topological polar surface area (TPSA) is 135 Å². The molecular formula is C11H10N2O6S. The molecule has 1 atom stereocenters. The van der Waals surface area contributed by atoms with Gasteiger partial charge in [0.2, 0.25) is 10.0 Å². The molecule has 0 fully saturated rings. The van der Waals surface area contributed by atoms with Gasteiger partial charge in [-0.2, -0.15) is 0 Å². The summed E-state index contributed by atoms with van der Waals surface area (Å²) in [4.78, 5) is 35.0. The van der Waals surface area contributed by atoms with E-state index >= 15 is 0 Å². The Morgan fingerprint density at radius 3 is 2.45 bits per heavy atom. The Bertz CT molecular complexity index is 739. The maximum Gasteiger partial charge on any atom is 0.326 e. The van der Waals surface area contributed by atoms with Crippen molar-refractivity contribution >= 4 is 33.4 Å². The molecule has 0 saturated heterocycles. The van der Waals surface area contributed by atoms with Gasteiger partial charge in [-0.15, -0.1) is 0 Å². The monoisotopic (exact) mass is 298 g/mol.